The molecule has 35 heavy (non-hydrogen) atoms. The molecule has 5 rings (SSSR count). The van der Waals surface area contributed by atoms with Gasteiger partial charge in [-0.1, -0.05) is 54.6 Å². The van der Waals surface area contributed by atoms with E-state index in [1.807, 2.05) is 47.4 Å². The molecule has 178 valence electrons. The first-order valence-corrected chi connectivity index (χ1v) is 11.4. The lowest BCUT2D eigenvalue weighted by Crippen LogP contribution is -2.48. The van der Waals surface area contributed by atoms with E-state index in [4.69, 9.17) is 0 Å². The number of piperazine rings is 1. The monoisotopic (exact) mass is 474 g/mol. The molecule has 0 bridgehead atoms. The molecule has 1 amide bonds. The van der Waals surface area contributed by atoms with Crippen LogP contribution in [0.2, 0.25) is 0 Å². The molecular formula is C26H24F2N6O. The van der Waals surface area contributed by atoms with Crippen LogP contribution < -0.4 is 0 Å². The van der Waals surface area contributed by atoms with Crippen LogP contribution in [-0.4, -0.2) is 62.1 Å². The van der Waals surface area contributed by atoms with Crippen molar-refractivity contribution in [1.82, 2.24) is 30.0 Å². The summed E-state index contributed by atoms with van der Waals surface area (Å²) in [5, 5.41) is 11.6. The van der Waals surface area contributed by atoms with E-state index < -0.39 is 11.6 Å². The summed E-state index contributed by atoms with van der Waals surface area (Å²) >= 11 is 0. The van der Waals surface area contributed by atoms with Crippen molar-refractivity contribution in [3.8, 4) is 16.8 Å². The van der Waals surface area contributed by atoms with Crippen LogP contribution in [0.5, 0.6) is 0 Å². The maximum absolute atomic E-state index is 13.6. The Morgan fingerprint density at radius 1 is 0.829 bits per heavy atom. The molecule has 0 spiro atoms. The Balaban J connectivity index is 1.15. The zero-order chi connectivity index (χ0) is 24.2. The van der Waals surface area contributed by atoms with Crippen LogP contribution >= 0.6 is 0 Å². The van der Waals surface area contributed by atoms with E-state index in [0.717, 1.165) is 28.8 Å². The van der Waals surface area contributed by atoms with Crippen LogP contribution in [0.1, 0.15) is 11.4 Å². The Morgan fingerprint density at radius 2 is 1.54 bits per heavy atom. The van der Waals surface area contributed by atoms with Crippen molar-refractivity contribution >= 4 is 5.91 Å². The van der Waals surface area contributed by atoms with Crippen molar-refractivity contribution < 1.29 is 13.6 Å². The van der Waals surface area contributed by atoms with Gasteiger partial charge < -0.3 is 4.90 Å². The molecule has 1 aliphatic rings. The van der Waals surface area contributed by atoms with Gasteiger partial charge in [0.25, 0.3) is 0 Å². The highest BCUT2D eigenvalue weighted by atomic mass is 19.2. The van der Waals surface area contributed by atoms with E-state index in [0.29, 0.717) is 50.7 Å². The van der Waals surface area contributed by atoms with E-state index in [-0.39, 0.29) is 5.91 Å². The Kier molecular flexibility index (Phi) is 6.58. The van der Waals surface area contributed by atoms with Gasteiger partial charge in [0.05, 0.1) is 18.7 Å². The maximum Gasteiger partial charge on any atom is 0.227 e. The van der Waals surface area contributed by atoms with Gasteiger partial charge in [-0.15, -0.1) is 5.10 Å². The van der Waals surface area contributed by atoms with Crippen LogP contribution in [0.25, 0.3) is 16.8 Å². The van der Waals surface area contributed by atoms with Crippen LogP contribution in [0.4, 0.5) is 8.78 Å². The SMILES string of the molecule is O=C(Cc1ccc(-c2ccccc2)cc1)N1CCN(Cc2nnnn2-c2ccc(F)c(F)c2)CC1. The molecule has 1 aromatic heterocycles. The minimum Gasteiger partial charge on any atom is -0.340 e. The molecule has 3 aromatic carbocycles. The number of rotatable bonds is 6. The Hall–Kier alpha value is -3.98. The van der Waals surface area contributed by atoms with Crippen molar-refractivity contribution in [2.45, 2.75) is 13.0 Å². The third-order valence-electron chi connectivity index (χ3n) is 6.19. The predicted octanol–water partition coefficient (Wildman–Crippen LogP) is 3.49. The van der Waals surface area contributed by atoms with Gasteiger partial charge in [-0.2, -0.15) is 4.68 Å². The van der Waals surface area contributed by atoms with Crippen molar-refractivity contribution in [3.63, 3.8) is 0 Å². The lowest BCUT2D eigenvalue weighted by molar-refractivity contribution is -0.132. The third kappa shape index (κ3) is 5.25. The second-order valence-electron chi connectivity index (χ2n) is 8.50. The zero-order valence-corrected chi connectivity index (χ0v) is 19.0. The normalized spacial score (nSPS) is 14.3. The first-order chi connectivity index (χ1) is 17.1. The molecule has 0 unspecified atom stereocenters. The van der Waals surface area contributed by atoms with Gasteiger partial charge in [0.15, 0.2) is 17.5 Å². The molecule has 1 aliphatic heterocycles. The standard InChI is InChI=1S/C26H24F2N6O/c27-23-11-10-22(17-24(23)28)34-25(29-30-31-34)18-32-12-14-33(15-13-32)26(35)16-19-6-8-21(9-7-19)20-4-2-1-3-5-20/h1-11,17H,12-16,18H2. The first-order valence-electron chi connectivity index (χ1n) is 11.4. The van der Waals surface area contributed by atoms with Gasteiger partial charge in [-0.25, -0.2) is 8.78 Å². The lowest BCUT2D eigenvalue weighted by atomic mass is 10.0. The maximum atomic E-state index is 13.6. The average molecular weight is 475 g/mol. The van der Waals surface area contributed by atoms with Crippen LogP contribution in [0.15, 0.2) is 72.8 Å². The molecule has 4 aromatic rings. The Labute approximate surface area is 201 Å². The number of amides is 1. The quantitative estimate of drug-likeness (QED) is 0.428. The molecule has 1 fully saturated rings. The fourth-order valence-corrected chi connectivity index (χ4v) is 4.21. The van der Waals surface area contributed by atoms with Gasteiger partial charge in [-0.05, 0) is 39.2 Å². The van der Waals surface area contributed by atoms with Crippen LogP contribution in [-0.2, 0) is 17.8 Å². The number of aromatic nitrogens is 4. The number of nitrogens with zero attached hydrogens (tertiary/aromatic N) is 6. The second-order valence-corrected chi connectivity index (χ2v) is 8.50. The summed E-state index contributed by atoms with van der Waals surface area (Å²) in [7, 11) is 0. The largest absolute Gasteiger partial charge is 0.340 e. The van der Waals surface area contributed by atoms with Crippen molar-refractivity contribution in [2.75, 3.05) is 26.2 Å². The molecule has 0 N–H and O–H groups in total. The smallest absolute Gasteiger partial charge is 0.227 e. The molecule has 0 saturated carbocycles. The predicted molar refractivity (Wildman–Crippen MR) is 127 cm³/mol. The second kappa shape index (κ2) is 10.1. The van der Waals surface area contributed by atoms with E-state index in [1.54, 1.807) is 0 Å². The molecule has 0 aliphatic carbocycles. The summed E-state index contributed by atoms with van der Waals surface area (Å²) in [6, 6.07) is 21.8. The molecule has 1 saturated heterocycles. The molecular weight excluding hydrogens is 450 g/mol. The molecule has 0 atom stereocenters. The highest BCUT2D eigenvalue weighted by Crippen LogP contribution is 2.20. The van der Waals surface area contributed by atoms with Crippen LogP contribution in [0.3, 0.4) is 0 Å². The fourth-order valence-electron chi connectivity index (χ4n) is 4.21. The zero-order valence-electron chi connectivity index (χ0n) is 19.0. The van der Waals surface area contributed by atoms with Gasteiger partial charge in [0.2, 0.25) is 5.91 Å². The van der Waals surface area contributed by atoms with E-state index in [1.165, 1.54) is 10.7 Å². The third-order valence-corrected chi connectivity index (χ3v) is 6.19. The molecule has 9 heteroatoms. The van der Waals surface area contributed by atoms with Gasteiger partial charge in [0.1, 0.15) is 0 Å². The first kappa shape index (κ1) is 22.8. The van der Waals surface area contributed by atoms with Crippen molar-refractivity contribution in [3.05, 3.63) is 95.8 Å². The number of carbonyl (C=O) groups excluding carboxylic acids is 1. The van der Waals surface area contributed by atoms with E-state index in [9.17, 15) is 13.6 Å². The van der Waals surface area contributed by atoms with Crippen LogP contribution in [0, 0.1) is 11.6 Å². The minimum atomic E-state index is -0.953. The van der Waals surface area contributed by atoms with E-state index >= 15 is 0 Å². The molecule has 0 radical (unpaired) electrons. The Morgan fingerprint density at radius 3 is 2.26 bits per heavy atom. The number of halogens is 2. The summed E-state index contributed by atoms with van der Waals surface area (Å²) in [4.78, 5) is 16.9. The lowest BCUT2D eigenvalue weighted by Gasteiger charge is -2.34. The summed E-state index contributed by atoms with van der Waals surface area (Å²) in [6.45, 7) is 2.99. The van der Waals surface area contributed by atoms with Crippen molar-refractivity contribution in [1.29, 1.82) is 0 Å². The topological polar surface area (TPSA) is 67.2 Å². The average Bonchev–Trinajstić information content (AvgIpc) is 3.35. The summed E-state index contributed by atoms with van der Waals surface area (Å²) in [5.41, 5.74) is 3.62. The minimum absolute atomic E-state index is 0.101. The highest BCUT2D eigenvalue weighted by Gasteiger charge is 2.23. The number of tetrazole rings is 1. The molecule has 2 heterocycles. The summed E-state index contributed by atoms with van der Waals surface area (Å²) in [6.07, 6.45) is 0.365. The number of benzene rings is 3. The highest BCUT2D eigenvalue weighted by molar-refractivity contribution is 5.79. The van der Waals surface area contributed by atoms with Gasteiger partial charge >= 0.3 is 0 Å². The summed E-state index contributed by atoms with van der Waals surface area (Å²) in [5.74, 6) is -1.25. The fraction of sp³-hybridized carbons (Fsp3) is 0.231. The van der Waals surface area contributed by atoms with Gasteiger partial charge in [-0.3, -0.25) is 9.69 Å². The number of hydrogen-bond donors (Lipinski definition) is 0. The molecule has 7 nitrogen and oxygen atoms in total. The number of hydrogen-bond acceptors (Lipinski definition) is 5. The van der Waals surface area contributed by atoms with Crippen molar-refractivity contribution in [2.24, 2.45) is 0 Å². The summed E-state index contributed by atoms with van der Waals surface area (Å²) < 4.78 is 28.3. The van der Waals surface area contributed by atoms with E-state index in [2.05, 4.69) is 32.6 Å². The Bertz CT molecular complexity index is 1300. The van der Waals surface area contributed by atoms with Gasteiger partial charge in [0, 0.05) is 32.2 Å². The number of carbonyl (C=O) groups is 1.